The summed E-state index contributed by atoms with van der Waals surface area (Å²) < 4.78 is 0. The Labute approximate surface area is 152 Å². The lowest BCUT2D eigenvalue weighted by molar-refractivity contribution is 0.426. The van der Waals surface area contributed by atoms with E-state index in [-0.39, 0.29) is 0 Å². The lowest BCUT2D eigenvalue weighted by atomic mass is 9.77. The van der Waals surface area contributed by atoms with Gasteiger partial charge in [0, 0.05) is 16.8 Å². The zero-order chi connectivity index (χ0) is 17.9. The van der Waals surface area contributed by atoms with Crippen molar-refractivity contribution < 1.29 is 10.0 Å². The van der Waals surface area contributed by atoms with Gasteiger partial charge in [0.1, 0.15) is 0 Å². The van der Waals surface area contributed by atoms with E-state index in [1.807, 2.05) is 60.7 Å². The Kier molecular flexibility index (Phi) is 4.44. The van der Waals surface area contributed by atoms with Crippen LogP contribution in [-0.2, 0) is 0 Å². The van der Waals surface area contributed by atoms with Crippen molar-refractivity contribution in [2.45, 2.75) is 0 Å². The van der Waals surface area contributed by atoms with E-state index in [0.29, 0.717) is 5.46 Å². The van der Waals surface area contributed by atoms with Crippen LogP contribution in [0.25, 0.3) is 10.8 Å². The molecule has 0 bridgehead atoms. The SMILES string of the molecule is OB(O)c1cccc2c(N(c3ccccc3)c3ccccc3)cccc12. The molecule has 126 valence electrons. The molecule has 0 fully saturated rings. The van der Waals surface area contributed by atoms with Crippen molar-refractivity contribution in [1.82, 2.24) is 0 Å². The Balaban J connectivity index is 1.99. The van der Waals surface area contributed by atoms with E-state index in [0.717, 1.165) is 27.8 Å². The van der Waals surface area contributed by atoms with Gasteiger partial charge in [-0.15, -0.1) is 0 Å². The molecule has 0 heterocycles. The molecule has 0 saturated heterocycles. The van der Waals surface area contributed by atoms with Gasteiger partial charge in [0.25, 0.3) is 0 Å². The quantitative estimate of drug-likeness (QED) is 0.553. The Hall–Kier alpha value is -3.08. The molecule has 0 amide bonds. The summed E-state index contributed by atoms with van der Waals surface area (Å²) in [5.74, 6) is 0. The molecule has 0 spiro atoms. The van der Waals surface area contributed by atoms with Crippen molar-refractivity contribution in [1.29, 1.82) is 0 Å². The minimum Gasteiger partial charge on any atom is -0.423 e. The average molecular weight is 339 g/mol. The molecule has 0 aliphatic rings. The van der Waals surface area contributed by atoms with Gasteiger partial charge in [-0.05, 0) is 41.2 Å². The summed E-state index contributed by atoms with van der Waals surface area (Å²) in [4.78, 5) is 2.18. The molecule has 4 aromatic rings. The van der Waals surface area contributed by atoms with Crippen molar-refractivity contribution in [3.8, 4) is 0 Å². The number of fused-ring (bicyclic) bond motifs is 1. The molecule has 4 rings (SSSR count). The third-order valence-corrected chi connectivity index (χ3v) is 4.48. The molecule has 4 heteroatoms. The van der Waals surface area contributed by atoms with E-state index >= 15 is 0 Å². The van der Waals surface area contributed by atoms with Crippen LogP contribution < -0.4 is 10.4 Å². The summed E-state index contributed by atoms with van der Waals surface area (Å²) in [6.45, 7) is 0. The van der Waals surface area contributed by atoms with Crippen LogP contribution in [0.15, 0.2) is 97.1 Å². The predicted octanol–water partition coefficient (Wildman–Crippen LogP) is 3.99. The number of rotatable bonds is 4. The van der Waals surface area contributed by atoms with Crippen LogP contribution in [0.5, 0.6) is 0 Å². The summed E-state index contributed by atoms with van der Waals surface area (Å²) in [6, 6.07) is 31.8. The second kappa shape index (κ2) is 7.04. The van der Waals surface area contributed by atoms with E-state index in [2.05, 4.69) is 35.2 Å². The number of benzene rings is 4. The number of para-hydroxylation sites is 2. The summed E-state index contributed by atoms with van der Waals surface area (Å²) >= 11 is 0. The van der Waals surface area contributed by atoms with Crippen LogP contribution in [0, 0.1) is 0 Å². The van der Waals surface area contributed by atoms with Gasteiger partial charge in [0.15, 0.2) is 0 Å². The van der Waals surface area contributed by atoms with Gasteiger partial charge in [-0.25, -0.2) is 0 Å². The van der Waals surface area contributed by atoms with Gasteiger partial charge in [0.05, 0.1) is 5.69 Å². The van der Waals surface area contributed by atoms with E-state index in [1.165, 1.54) is 0 Å². The van der Waals surface area contributed by atoms with Crippen molar-refractivity contribution in [2.75, 3.05) is 4.90 Å². The normalized spacial score (nSPS) is 10.7. The molecule has 0 aliphatic carbocycles. The zero-order valence-corrected chi connectivity index (χ0v) is 14.2. The molecule has 0 aromatic heterocycles. The Morgan fingerprint density at radius 2 is 1.08 bits per heavy atom. The van der Waals surface area contributed by atoms with Crippen LogP contribution in [0.3, 0.4) is 0 Å². The largest absolute Gasteiger partial charge is 0.489 e. The molecule has 2 N–H and O–H groups in total. The highest BCUT2D eigenvalue weighted by atomic mass is 16.4. The first-order valence-corrected chi connectivity index (χ1v) is 8.54. The third kappa shape index (κ3) is 2.97. The molecule has 0 radical (unpaired) electrons. The first kappa shape index (κ1) is 16.4. The van der Waals surface area contributed by atoms with E-state index in [4.69, 9.17) is 0 Å². The van der Waals surface area contributed by atoms with E-state index < -0.39 is 7.12 Å². The van der Waals surface area contributed by atoms with Gasteiger partial charge < -0.3 is 14.9 Å². The minimum atomic E-state index is -1.50. The molecule has 3 nitrogen and oxygen atoms in total. The molecular formula is C22H18BNO2. The van der Waals surface area contributed by atoms with Crippen LogP contribution in [0.2, 0.25) is 0 Å². The molecule has 0 atom stereocenters. The fourth-order valence-electron chi connectivity index (χ4n) is 3.32. The van der Waals surface area contributed by atoms with Crippen LogP contribution in [0.4, 0.5) is 17.1 Å². The zero-order valence-electron chi connectivity index (χ0n) is 14.2. The Bertz CT molecular complexity index is 980. The van der Waals surface area contributed by atoms with Crippen molar-refractivity contribution in [3.63, 3.8) is 0 Å². The number of hydrogen-bond acceptors (Lipinski definition) is 3. The summed E-state index contributed by atoms with van der Waals surface area (Å²) in [5.41, 5.74) is 3.58. The molecule has 26 heavy (non-hydrogen) atoms. The van der Waals surface area contributed by atoms with Gasteiger partial charge in [-0.2, -0.15) is 0 Å². The first-order chi connectivity index (χ1) is 12.8. The maximum absolute atomic E-state index is 9.73. The van der Waals surface area contributed by atoms with Crippen LogP contribution >= 0.6 is 0 Å². The number of hydrogen-bond donors (Lipinski definition) is 2. The molecule has 4 aromatic carbocycles. The van der Waals surface area contributed by atoms with Crippen molar-refractivity contribution in [3.05, 3.63) is 97.1 Å². The first-order valence-electron chi connectivity index (χ1n) is 8.54. The Morgan fingerprint density at radius 1 is 0.538 bits per heavy atom. The maximum Gasteiger partial charge on any atom is 0.489 e. The van der Waals surface area contributed by atoms with Crippen molar-refractivity contribution >= 4 is 40.4 Å². The highest BCUT2D eigenvalue weighted by molar-refractivity contribution is 6.62. The van der Waals surface area contributed by atoms with E-state index in [1.54, 1.807) is 6.07 Å². The average Bonchev–Trinajstić information content (AvgIpc) is 2.69. The molecule has 0 unspecified atom stereocenters. The summed E-state index contributed by atoms with van der Waals surface area (Å²) in [5, 5.41) is 21.2. The van der Waals surface area contributed by atoms with Crippen molar-refractivity contribution in [2.24, 2.45) is 0 Å². The van der Waals surface area contributed by atoms with Gasteiger partial charge in [-0.3, -0.25) is 0 Å². The van der Waals surface area contributed by atoms with Gasteiger partial charge in [-0.1, -0.05) is 66.7 Å². The predicted molar refractivity (Wildman–Crippen MR) is 108 cm³/mol. The fraction of sp³-hybridized carbons (Fsp3) is 0. The summed E-state index contributed by atoms with van der Waals surface area (Å²) in [7, 11) is -1.50. The highest BCUT2D eigenvalue weighted by Crippen LogP contribution is 2.38. The third-order valence-electron chi connectivity index (χ3n) is 4.48. The monoisotopic (exact) mass is 339 g/mol. The second-order valence-electron chi connectivity index (χ2n) is 6.10. The lowest BCUT2D eigenvalue weighted by Crippen LogP contribution is -2.30. The smallest absolute Gasteiger partial charge is 0.423 e. The van der Waals surface area contributed by atoms with E-state index in [9.17, 15) is 10.0 Å². The minimum absolute atomic E-state index is 0.505. The second-order valence-corrected chi connectivity index (χ2v) is 6.10. The highest BCUT2D eigenvalue weighted by Gasteiger charge is 2.19. The molecular weight excluding hydrogens is 321 g/mol. The fourth-order valence-corrected chi connectivity index (χ4v) is 3.32. The maximum atomic E-state index is 9.73. The standard InChI is InChI=1S/C22H18BNO2/c25-23(26)21-15-7-14-20-19(21)13-8-16-22(20)24(17-9-3-1-4-10-17)18-11-5-2-6-12-18/h1-16,25-26H. The molecule has 0 aliphatic heterocycles. The van der Waals surface area contributed by atoms with Crippen LogP contribution in [0.1, 0.15) is 0 Å². The molecule has 0 saturated carbocycles. The van der Waals surface area contributed by atoms with Gasteiger partial charge in [0.2, 0.25) is 0 Å². The van der Waals surface area contributed by atoms with Gasteiger partial charge >= 0.3 is 7.12 Å². The topological polar surface area (TPSA) is 43.7 Å². The summed E-state index contributed by atoms with van der Waals surface area (Å²) in [6.07, 6.45) is 0. The number of nitrogens with zero attached hydrogens (tertiary/aromatic N) is 1. The lowest BCUT2D eigenvalue weighted by Gasteiger charge is -2.27. The number of anilines is 3. The Morgan fingerprint density at radius 3 is 1.65 bits per heavy atom. The van der Waals surface area contributed by atoms with Crippen LogP contribution in [-0.4, -0.2) is 17.2 Å².